The number of amides is 1. The van der Waals surface area contributed by atoms with Gasteiger partial charge in [0, 0.05) is 50.3 Å². The van der Waals surface area contributed by atoms with Crippen molar-refractivity contribution in [2.24, 2.45) is 4.99 Å². The zero-order valence-electron chi connectivity index (χ0n) is 19.4. The molecular weight excluding hydrogens is 402 g/mol. The Kier molecular flexibility index (Phi) is 8.92. The van der Waals surface area contributed by atoms with E-state index >= 15 is 0 Å². The average Bonchev–Trinajstić information content (AvgIpc) is 2.82. The normalized spacial score (nSPS) is 15.8. The van der Waals surface area contributed by atoms with Crippen LogP contribution in [0.5, 0.6) is 5.75 Å². The van der Waals surface area contributed by atoms with Crippen LogP contribution in [0.1, 0.15) is 37.3 Å². The summed E-state index contributed by atoms with van der Waals surface area (Å²) < 4.78 is 6.06. The van der Waals surface area contributed by atoms with Gasteiger partial charge in [0.15, 0.2) is 5.96 Å². The highest BCUT2D eigenvalue weighted by molar-refractivity contribution is 5.94. The molecule has 0 aromatic heterocycles. The fourth-order valence-corrected chi connectivity index (χ4v) is 3.92. The predicted molar refractivity (Wildman–Crippen MR) is 130 cm³/mol. The zero-order valence-corrected chi connectivity index (χ0v) is 19.4. The molecule has 172 valence electrons. The molecule has 0 saturated heterocycles. The second-order valence-corrected chi connectivity index (χ2v) is 7.83. The molecule has 1 aliphatic rings. The van der Waals surface area contributed by atoms with Crippen molar-refractivity contribution in [2.45, 2.75) is 32.7 Å². The van der Waals surface area contributed by atoms with Crippen LogP contribution in [-0.4, -0.2) is 56.6 Å². The van der Waals surface area contributed by atoms with Crippen LogP contribution in [0, 0.1) is 0 Å². The van der Waals surface area contributed by atoms with Crippen molar-refractivity contribution >= 4 is 17.6 Å². The fourth-order valence-electron chi connectivity index (χ4n) is 3.92. The highest BCUT2D eigenvalue weighted by atomic mass is 16.5. The number of nitrogens with one attached hydrogen (secondary N) is 3. The summed E-state index contributed by atoms with van der Waals surface area (Å²) >= 11 is 0. The highest BCUT2D eigenvalue weighted by Gasteiger charge is 2.24. The molecule has 2 aromatic rings. The van der Waals surface area contributed by atoms with E-state index in [0.717, 1.165) is 42.2 Å². The summed E-state index contributed by atoms with van der Waals surface area (Å²) in [6.45, 7) is 9.19. The van der Waals surface area contributed by atoms with Gasteiger partial charge in [-0.1, -0.05) is 50.2 Å². The van der Waals surface area contributed by atoms with E-state index in [1.807, 2.05) is 36.4 Å². The molecule has 0 aliphatic carbocycles. The lowest BCUT2D eigenvalue weighted by atomic mass is 9.90. The number of hydrogen-bond acceptors (Lipinski definition) is 4. The summed E-state index contributed by atoms with van der Waals surface area (Å²) in [5, 5.41) is 9.69. The minimum Gasteiger partial charge on any atom is -0.492 e. The van der Waals surface area contributed by atoms with Crippen LogP contribution in [0.15, 0.2) is 53.5 Å². The number of nitrogens with zero attached hydrogens (tertiary/aromatic N) is 2. The first-order valence-corrected chi connectivity index (χ1v) is 11.4. The number of benzene rings is 2. The van der Waals surface area contributed by atoms with Gasteiger partial charge in [-0.15, -0.1) is 0 Å². The minimum absolute atomic E-state index is 0.0502. The van der Waals surface area contributed by atoms with E-state index in [0.29, 0.717) is 32.1 Å². The summed E-state index contributed by atoms with van der Waals surface area (Å²) in [4.78, 5) is 18.8. The third kappa shape index (κ3) is 6.47. The molecule has 32 heavy (non-hydrogen) atoms. The van der Waals surface area contributed by atoms with Gasteiger partial charge >= 0.3 is 0 Å². The second-order valence-electron chi connectivity index (χ2n) is 7.83. The number of aliphatic imine (C=N–C) groups is 1. The Hall–Kier alpha value is -3.06. The Morgan fingerprint density at radius 2 is 1.88 bits per heavy atom. The SMILES string of the molecule is CCN(CC)CCOc1ccccc1CNC(=NC)NCC1CC(=O)Nc2ccccc21. The maximum Gasteiger partial charge on any atom is 0.225 e. The molecule has 1 amide bonds. The van der Waals surface area contributed by atoms with Crippen LogP contribution in [0.25, 0.3) is 0 Å². The van der Waals surface area contributed by atoms with Crippen LogP contribution in [0.3, 0.4) is 0 Å². The molecule has 2 aromatic carbocycles. The maximum absolute atomic E-state index is 12.1. The standard InChI is InChI=1S/C25H35N5O2/c1-4-30(5-2)14-15-32-23-13-9-6-10-19(23)17-27-25(26-3)28-18-20-16-24(31)29-22-12-8-7-11-21(20)22/h6-13,20H,4-5,14-18H2,1-3H3,(H,29,31)(H2,26,27,28). The van der Waals surface area contributed by atoms with Crippen molar-refractivity contribution in [3.63, 3.8) is 0 Å². The zero-order chi connectivity index (χ0) is 22.8. The molecule has 1 aliphatic heterocycles. The molecule has 0 saturated carbocycles. The molecule has 7 heteroatoms. The molecule has 0 radical (unpaired) electrons. The molecule has 1 atom stereocenters. The molecule has 3 N–H and O–H groups in total. The first kappa shape index (κ1) is 23.6. The van der Waals surface area contributed by atoms with Crippen LogP contribution in [-0.2, 0) is 11.3 Å². The van der Waals surface area contributed by atoms with Crippen LogP contribution in [0.2, 0.25) is 0 Å². The van der Waals surface area contributed by atoms with E-state index in [2.05, 4.69) is 51.8 Å². The molecule has 0 spiro atoms. The minimum atomic E-state index is 0.0502. The number of anilines is 1. The maximum atomic E-state index is 12.1. The van der Waals surface area contributed by atoms with Gasteiger partial charge in [-0.05, 0) is 30.8 Å². The third-order valence-corrected chi connectivity index (χ3v) is 5.82. The number of likely N-dealkylation sites (N-methyl/N-ethyl adjacent to an activating group) is 1. The quantitative estimate of drug-likeness (QED) is 0.393. The topological polar surface area (TPSA) is 78.0 Å². The van der Waals surface area contributed by atoms with E-state index in [4.69, 9.17) is 4.74 Å². The van der Waals surface area contributed by atoms with E-state index in [-0.39, 0.29) is 11.8 Å². The van der Waals surface area contributed by atoms with Crippen molar-refractivity contribution in [2.75, 3.05) is 45.2 Å². The van der Waals surface area contributed by atoms with Gasteiger partial charge in [0.25, 0.3) is 0 Å². The van der Waals surface area contributed by atoms with Gasteiger partial charge < -0.3 is 25.6 Å². The number of para-hydroxylation sites is 2. The number of guanidine groups is 1. The smallest absolute Gasteiger partial charge is 0.225 e. The van der Waals surface area contributed by atoms with Gasteiger partial charge in [-0.2, -0.15) is 0 Å². The first-order valence-electron chi connectivity index (χ1n) is 11.4. The van der Waals surface area contributed by atoms with E-state index < -0.39 is 0 Å². The average molecular weight is 438 g/mol. The molecule has 1 unspecified atom stereocenters. The second kappa shape index (κ2) is 12.1. The van der Waals surface area contributed by atoms with E-state index in [1.165, 1.54) is 0 Å². The summed E-state index contributed by atoms with van der Waals surface area (Å²) in [5.74, 6) is 1.75. The van der Waals surface area contributed by atoms with Crippen molar-refractivity contribution in [1.82, 2.24) is 15.5 Å². The lowest BCUT2D eigenvalue weighted by molar-refractivity contribution is -0.116. The number of carbonyl (C=O) groups is 1. The summed E-state index contributed by atoms with van der Waals surface area (Å²) in [6.07, 6.45) is 0.463. The molecule has 0 bridgehead atoms. The first-order chi connectivity index (χ1) is 15.6. The Labute approximate surface area is 191 Å². The van der Waals surface area contributed by atoms with Crippen LogP contribution in [0.4, 0.5) is 5.69 Å². The lowest BCUT2D eigenvalue weighted by Crippen LogP contribution is -2.40. The van der Waals surface area contributed by atoms with Crippen molar-refractivity contribution in [3.05, 3.63) is 59.7 Å². The van der Waals surface area contributed by atoms with Crippen LogP contribution < -0.4 is 20.7 Å². The Morgan fingerprint density at radius 3 is 2.66 bits per heavy atom. The summed E-state index contributed by atoms with van der Waals surface area (Å²) in [5.41, 5.74) is 3.13. The molecule has 3 rings (SSSR count). The van der Waals surface area contributed by atoms with E-state index in [9.17, 15) is 4.79 Å². The lowest BCUT2D eigenvalue weighted by Gasteiger charge is -2.26. The molecular formula is C25H35N5O2. The number of fused-ring (bicyclic) bond motifs is 1. The number of ether oxygens (including phenoxy) is 1. The van der Waals surface area contributed by atoms with Crippen molar-refractivity contribution in [3.8, 4) is 5.75 Å². The fraction of sp³-hybridized carbons (Fsp3) is 0.440. The largest absolute Gasteiger partial charge is 0.492 e. The predicted octanol–water partition coefficient (Wildman–Crippen LogP) is 3.20. The number of rotatable bonds is 10. The van der Waals surface area contributed by atoms with Gasteiger partial charge in [0.05, 0.1) is 0 Å². The van der Waals surface area contributed by atoms with E-state index in [1.54, 1.807) is 7.05 Å². The van der Waals surface area contributed by atoms with Gasteiger partial charge in [-0.3, -0.25) is 9.79 Å². The summed E-state index contributed by atoms with van der Waals surface area (Å²) in [7, 11) is 1.75. The third-order valence-electron chi connectivity index (χ3n) is 5.82. The van der Waals surface area contributed by atoms with Crippen LogP contribution >= 0.6 is 0 Å². The Bertz CT molecular complexity index is 911. The molecule has 0 fully saturated rings. The molecule has 7 nitrogen and oxygen atoms in total. The van der Waals surface area contributed by atoms with Crippen molar-refractivity contribution < 1.29 is 9.53 Å². The van der Waals surface area contributed by atoms with Gasteiger partial charge in [0.1, 0.15) is 12.4 Å². The van der Waals surface area contributed by atoms with Crippen molar-refractivity contribution in [1.29, 1.82) is 0 Å². The van der Waals surface area contributed by atoms with Gasteiger partial charge in [0.2, 0.25) is 5.91 Å². The number of hydrogen-bond donors (Lipinski definition) is 3. The highest BCUT2D eigenvalue weighted by Crippen LogP contribution is 2.31. The monoisotopic (exact) mass is 437 g/mol. The Balaban J connectivity index is 1.54. The van der Waals surface area contributed by atoms with Gasteiger partial charge in [-0.25, -0.2) is 0 Å². The number of carbonyl (C=O) groups excluding carboxylic acids is 1. The Morgan fingerprint density at radius 1 is 1.12 bits per heavy atom. The summed E-state index contributed by atoms with van der Waals surface area (Å²) in [6, 6.07) is 16.1. The molecule has 1 heterocycles.